The molecule has 2 aromatic carbocycles. The van der Waals surface area contributed by atoms with Crippen LogP contribution in [0.5, 0.6) is 0 Å². The van der Waals surface area contributed by atoms with Crippen molar-refractivity contribution in [3.05, 3.63) is 70.2 Å². The first-order valence-corrected chi connectivity index (χ1v) is 14.8. The minimum Gasteiger partial charge on any atom is -0.427 e. The van der Waals surface area contributed by atoms with Gasteiger partial charge in [-0.25, -0.2) is 4.79 Å². The number of hydrogen-bond donors (Lipinski definition) is 0. The van der Waals surface area contributed by atoms with E-state index in [1.54, 1.807) is 5.06 Å². The molecular weight excluding hydrogens is 558 g/mol. The molecule has 1 amide bonds. The zero-order valence-electron chi connectivity index (χ0n) is 23.3. The van der Waals surface area contributed by atoms with Gasteiger partial charge in [0.05, 0.1) is 0 Å². The molecule has 2 aromatic rings. The van der Waals surface area contributed by atoms with E-state index in [1.165, 1.54) is 11.1 Å². The van der Waals surface area contributed by atoms with E-state index in [0.717, 1.165) is 43.5 Å². The van der Waals surface area contributed by atoms with Gasteiger partial charge in [-0.3, -0.25) is 4.79 Å². The lowest BCUT2D eigenvalue weighted by Crippen LogP contribution is -2.44. The number of piperidine rings is 1. The van der Waals surface area contributed by atoms with Crippen molar-refractivity contribution in [2.75, 3.05) is 39.3 Å². The Morgan fingerprint density at radius 3 is 2.38 bits per heavy atom. The third kappa shape index (κ3) is 7.21. The van der Waals surface area contributed by atoms with Gasteiger partial charge in [-0.15, -0.1) is 5.06 Å². The van der Waals surface area contributed by atoms with Gasteiger partial charge in [0.2, 0.25) is 5.91 Å². The number of ether oxygens (including phenoxy) is 1. The van der Waals surface area contributed by atoms with Crippen molar-refractivity contribution in [3.8, 4) is 0 Å². The van der Waals surface area contributed by atoms with Crippen molar-refractivity contribution in [2.24, 2.45) is 11.3 Å². The van der Waals surface area contributed by atoms with E-state index < -0.39 is 11.8 Å². The average molecular weight is 599 g/mol. The van der Waals surface area contributed by atoms with Crippen LogP contribution in [0.25, 0.3) is 0 Å². The van der Waals surface area contributed by atoms with Crippen LogP contribution in [-0.2, 0) is 20.9 Å². The molecule has 39 heavy (non-hydrogen) atoms. The molecule has 5 rings (SSSR count). The van der Waals surface area contributed by atoms with Crippen molar-refractivity contribution in [1.82, 2.24) is 14.9 Å². The minimum atomic E-state index is -0.645. The fraction of sp³-hybridized carbons (Fsp3) is 0.548. The predicted octanol–water partition coefficient (Wildman–Crippen LogP) is 5.85. The van der Waals surface area contributed by atoms with Crippen molar-refractivity contribution in [2.45, 2.75) is 58.1 Å². The molecule has 3 fully saturated rings. The molecule has 8 heteroatoms. The van der Waals surface area contributed by atoms with Gasteiger partial charge in [-0.1, -0.05) is 58.4 Å². The molecule has 2 unspecified atom stereocenters. The standard InChI is InChI=1S/C31H40BrN3O4/c1-30(2,3)38-29(37)39-35-20-25(27(21-35)24-7-5-4-6-8-24)19-33-15-13-31(14-16-33)17-28(36)34(22-31)18-23-9-11-26(32)12-10-23/h4-12,25,27H,13-22H2,1-3H3. The maximum absolute atomic E-state index is 12.9. The number of rotatable bonds is 6. The predicted molar refractivity (Wildman–Crippen MR) is 154 cm³/mol. The van der Waals surface area contributed by atoms with E-state index in [0.29, 0.717) is 32.0 Å². The number of carbonyl (C=O) groups is 2. The molecule has 0 bridgehead atoms. The van der Waals surface area contributed by atoms with Crippen LogP contribution >= 0.6 is 15.9 Å². The molecule has 0 N–H and O–H groups in total. The second-order valence-corrected chi connectivity index (χ2v) is 13.4. The van der Waals surface area contributed by atoms with Crippen LogP contribution in [0.1, 0.15) is 57.1 Å². The van der Waals surface area contributed by atoms with Crippen molar-refractivity contribution in [1.29, 1.82) is 0 Å². The molecular formula is C31H40BrN3O4. The first kappa shape index (κ1) is 28.1. The number of nitrogens with zero attached hydrogens (tertiary/aromatic N) is 3. The molecule has 0 radical (unpaired) electrons. The summed E-state index contributed by atoms with van der Waals surface area (Å²) in [6.07, 6.45) is 2.09. The molecule has 210 valence electrons. The Morgan fingerprint density at radius 1 is 1.03 bits per heavy atom. The van der Waals surface area contributed by atoms with E-state index in [-0.39, 0.29) is 17.2 Å². The van der Waals surface area contributed by atoms with Crippen LogP contribution < -0.4 is 0 Å². The van der Waals surface area contributed by atoms with Crippen molar-refractivity contribution >= 4 is 28.0 Å². The number of hydroxylamine groups is 2. The third-order valence-corrected chi connectivity index (χ3v) is 8.86. The molecule has 7 nitrogen and oxygen atoms in total. The third-order valence-electron chi connectivity index (χ3n) is 8.33. The molecule has 2 atom stereocenters. The minimum absolute atomic E-state index is 0.0866. The highest BCUT2D eigenvalue weighted by Gasteiger charge is 2.45. The van der Waals surface area contributed by atoms with Crippen molar-refractivity contribution in [3.63, 3.8) is 0 Å². The van der Waals surface area contributed by atoms with Gasteiger partial charge in [0, 0.05) is 49.5 Å². The SMILES string of the molecule is CC(C)(C)OC(=O)ON1CC(CN2CCC3(CC2)CC(=O)N(Cc2ccc(Br)cc2)C3)C(c2ccccc2)C1. The Labute approximate surface area is 240 Å². The molecule has 3 aliphatic heterocycles. The van der Waals surface area contributed by atoms with Crippen LogP contribution in [0.3, 0.4) is 0 Å². The van der Waals surface area contributed by atoms with E-state index in [2.05, 4.69) is 57.2 Å². The van der Waals surface area contributed by atoms with Crippen molar-refractivity contribution < 1.29 is 19.2 Å². The summed E-state index contributed by atoms with van der Waals surface area (Å²) < 4.78 is 6.45. The van der Waals surface area contributed by atoms with Crippen LogP contribution in [0.4, 0.5) is 4.79 Å². The Bertz CT molecular complexity index is 1140. The molecule has 0 saturated carbocycles. The van der Waals surface area contributed by atoms with Crippen LogP contribution in [0, 0.1) is 11.3 Å². The number of carbonyl (C=O) groups excluding carboxylic acids is 2. The molecule has 0 aliphatic carbocycles. The molecule has 1 spiro atoms. The van der Waals surface area contributed by atoms with Gasteiger partial charge >= 0.3 is 6.16 Å². The fourth-order valence-electron chi connectivity index (χ4n) is 6.36. The summed E-state index contributed by atoms with van der Waals surface area (Å²) in [7, 11) is 0. The van der Waals surface area contributed by atoms with E-state index in [9.17, 15) is 9.59 Å². The lowest BCUT2D eigenvalue weighted by atomic mass is 9.77. The lowest BCUT2D eigenvalue weighted by Gasteiger charge is -2.40. The van der Waals surface area contributed by atoms with Gasteiger partial charge in [0.1, 0.15) is 5.60 Å². The Kier molecular flexibility index (Phi) is 8.36. The monoisotopic (exact) mass is 597 g/mol. The molecule has 3 aliphatic rings. The summed E-state index contributed by atoms with van der Waals surface area (Å²) in [6.45, 7) is 11.3. The van der Waals surface area contributed by atoms with Gasteiger partial charge in [-0.2, -0.15) is 0 Å². The number of amides is 1. The summed E-state index contributed by atoms with van der Waals surface area (Å²) in [5.74, 6) is 0.892. The molecule has 3 heterocycles. The van der Waals surface area contributed by atoms with E-state index in [4.69, 9.17) is 9.57 Å². The summed E-state index contributed by atoms with van der Waals surface area (Å²) in [5, 5.41) is 1.78. The topological polar surface area (TPSA) is 62.3 Å². The van der Waals surface area contributed by atoms with Gasteiger partial charge in [0.25, 0.3) is 0 Å². The number of benzene rings is 2. The van der Waals surface area contributed by atoms with E-state index in [1.807, 2.05) is 43.9 Å². The van der Waals surface area contributed by atoms with Crippen LogP contribution in [-0.4, -0.2) is 71.8 Å². The van der Waals surface area contributed by atoms with Gasteiger partial charge < -0.3 is 19.4 Å². The lowest BCUT2D eigenvalue weighted by molar-refractivity contribution is -0.132. The highest BCUT2D eigenvalue weighted by Crippen LogP contribution is 2.42. The smallest absolute Gasteiger partial charge is 0.427 e. The highest BCUT2D eigenvalue weighted by atomic mass is 79.9. The zero-order chi connectivity index (χ0) is 27.6. The Balaban J connectivity index is 1.18. The summed E-state index contributed by atoms with van der Waals surface area (Å²) >= 11 is 3.49. The molecule has 3 saturated heterocycles. The maximum atomic E-state index is 12.9. The van der Waals surface area contributed by atoms with Gasteiger partial charge in [-0.05, 0) is 81.3 Å². The number of hydrogen-bond acceptors (Lipinski definition) is 6. The summed E-state index contributed by atoms with van der Waals surface area (Å²) in [5.41, 5.74) is 1.95. The van der Waals surface area contributed by atoms with Crippen LogP contribution in [0.15, 0.2) is 59.1 Å². The fourth-order valence-corrected chi connectivity index (χ4v) is 6.62. The normalized spacial score (nSPS) is 23.9. The average Bonchev–Trinajstić information content (AvgIpc) is 3.41. The molecule has 0 aromatic heterocycles. The second kappa shape index (κ2) is 11.6. The number of likely N-dealkylation sites (tertiary alicyclic amines) is 2. The summed E-state index contributed by atoms with van der Waals surface area (Å²) in [6, 6.07) is 18.8. The van der Waals surface area contributed by atoms with Gasteiger partial charge in [0.15, 0.2) is 0 Å². The zero-order valence-corrected chi connectivity index (χ0v) is 24.9. The second-order valence-electron chi connectivity index (χ2n) is 12.5. The first-order valence-electron chi connectivity index (χ1n) is 14.0. The quantitative estimate of drug-likeness (QED) is 0.389. The Morgan fingerprint density at radius 2 is 1.72 bits per heavy atom. The summed E-state index contributed by atoms with van der Waals surface area (Å²) in [4.78, 5) is 35.5. The van der Waals surface area contributed by atoms with Crippen LogP contribution in [0.2, 0.25) is 0 Å². The highest BCUT2D eigenvalue weighted by molar-refractivity contribution is 9.10. The Hall–Kier alpha value is -2.42. The maximum Gasteiger partial charge on any atom is 0.528 e. The number of halogens is 1. The largest absolute Gasteiger partial charge is 0.528 e. The van der Waals surface area contributed by atoms with E-state index >= 15 is 0 Å². The first-order chi connectivity index (χ1) is 18.6.